The molecule has 76 valence electrons. The third-order valence-corrected chi connectivity index (χ3v) is 2.63. The maximum absolute atomic E-state index is 9.85. The van der Waals surface area contributed by atoms with E-state index in [2.05, 4.69) is 32.6 Å². The molecule has 1 atom stereocenters. The van der Waals surface area contributed by atoms with E-state index in [1.165, 1.54) is 11.1 Å². The van der Waals surface area contributed by atoms with Crippen molar-refractivity contribution < 1.29 is 5.11 Å². The largest absolute Gasteiger partial charge is 0.388 e. The standard InChI is InChI=1S/C13H18O/c1-5-6-13(14)12-8-10(3)9(2)7-11(12)4/h5,7-8,13-14H,1,6H2,2-4H3/t13-/m0/s1. The summed E-state index contributed by atoms with van der Waals surface area (Å²) in [5.41, 5.74) is 4.68. The van der Waals surface area contributed by atoms with Crippen molar-refractivity contribution in [2.45, 2.75) is 33.3 Å². The summed E-state index contributed by atoms with van der Waals surface area (Å²) in [5, 5.41) is 9.85. The van der Waals surface area contributed by atoms with Gasteiger partial charge in [0, 0.05) is 0 Å². The van der Waals surface area contributed by atoms with E-state index < -0.39 is 6.10 Å². The Bertz CT molecular complexity index is 339. The fraction of sp³-hybridized carbons (Fsp3) is 0.385. The topological polar surface area (TPSA) is 20.2 Å². The summed E-state index contributed by atoms with van der Waals surface area (Å²) in [4.78, 5) is 0. The number of aliphatic hydroxyl groups is 1. The highest BCUT2D eigenvalue weighted by Crippen LogP contribution is 2.23. The highest BCUT2D eigenvalue weighted by atomic mass is 16.3. The van der Waals surface area contributed by atoms with E-state index in [1.54, 1.807) is 6.08 Å². The smallest absolute Gasteiger partial charge is 0.0827 e. The van der Waals surface area contributed by atoms with Crippen LogP contribution in [-0.2, 0) is 0 Å². The number of hydrogen-bond acceptors (Lipinski definition) is 1. The molecule has 0 aliphatic heterocycles. The Morgan fingerprint density at radius 1 is 1.21 bits per heavy atom. The molecule has 1 nitrogen and oxygen atoms in total. The van der Waals surface area contributed by atoms with Crippen molar-refractivity contribution in [2.24, 2.45) is 0 Å². The molecule has 0 spiro atoms. The molecule has 1 aromatic rings. The Hall–Kier alpha value is -1.08. The summed E-state index contributed by atoms with van der Waals surface area (Å²) in [6.07, 6.45) is 1.95. The van der Waals surface area contributed by atoms with Crippen molar-refractivity contribution in [1.29, 1.82) is 0 Å². The van der Waals surface area contributed by atoms with Crippen LogP contribution in [0.2, 0.25) is 0 Å². The second kappa shape index (κ2) is 4.43. The number of aliphatic hydroxyl groups excluding tert-OH is 1. The van der Waals surface area contributed by atoms with Crippen LogP contribution in [0, 0.1) is 20.8 Å². The lowest BCUT2D eigenvalue weighted by Gasteiger charge is -2.14. The van der Waals surface area contributed by atoms with Gasteiger partial charge in [-0.25, -0.2) is 0 Å². The van der Waals surface area contributed by atoms with Gasteiger partial charge in [-0.3, -0.25) is 0 Å². The van der Waals surface area contributed by atoms with Crippen LogP contribution in [0.4, 0.5) is 0 Å². The molecule has 0 heterocycles. The van der Waals surface area contributed by atoms with Gasteiger partial charge in [0.15, 0.2) is 0 Å². The lowest BCUT2D eigenvalue weighted by atomic mass is 9.96. The lowest BCUT2D eigenvalue weighted by molar-refractivity contribution is 0.181. The van der Waals surface area contributed by atoms with E-state index in [4.69, 9.17) is 0 Å². The minimum atomic E-state index is -0.410. The fourth-order valence-electron chi connectivity index (χ4n) is 1.63. The maximum atomic E-state index is 9.85. The van der Waals surface area contributed by atoms with Crippen LogP contribution in [0.3, 0.4) is 0 Å². The van der Waals surface area contributed by atoms with Gasteiger partial charge in [0.1, 0.15) is 0 Å². The first-order valence-corrected chi connectivity index (χ1v) is 4.93. The van der Waals surface area contributed by atoms with Gasteiger partial charge < -0.3 is 5.11 Å². The lowest BCUT2D eigenvalue weighted by Crippen LogP contribution is -2.00. The van der Waals surface area contributed by atoms with Gasteiger partial charge in [-0.2, -0.15) is 0 Å². The van der Waals surface area contributed by atoms with Gasteiger partial charge in [0.25, 0.3) is 0 Å². The Balaban J connectivity index is 3.08. The van der Waals surface area contributed by atoms with Crippen LogP contribution in [0.25, 0.3) is 0 Å². The first-order valence-electron chi connectivity index (χ1n) is 4.93. The Morgan fingerprint density at radius 2 is 1.79 bits per heavy atom. The maximum Gasteiger partial charge on any atom is 0.0827 e. The molecule has 0 radical (unpaired) electrons. The van der Waals surface area contributed by atoms with Gasteiger partial charge in [-0.05, 0) is 49.4 Å². The molecule has 0 bridgehead atoms. The number of benzene rings is 1. The summed E-state index contributed by atoms with van der Waals surface area (Å²) >= 11 is 0. The van der Waals surface area contributed by atoms with E-state index in [0.29, 0.717) is 6.42 Å². The van der Waals surface area contributed by atoms with Crippen molar-refractivity contribution >= 4 is 0 Å². The fourth-order valence-corrected chi connectivity index (χ4v) is 1.63. The molecule has 0 unspecified atom stereocenters. The zero-order valence-corrected chi connectivity index (χ0v) is 9.17. The van der Waals surface area contributed by atoms with Crippen LogP contribution < -0.4 is 0 Å². The Labute approximate surface area is 86.1 Å². The molecule has 1 rings (SSSR count). The third kappa shape index (κ3) is 2.24. The number of rotatable bonds is 3. The highest BCUT2D eigenvalue weighted by Gasteiger charge is 2.09. The van der Waals surface area contributed by atoms with Crippen LogP contribution >= 0.6 is 0 Å². The Kier molecular flexibility index (Phi) is 3.48. The van der Waals surface area contributed by atoms with Crippen molar-refractivity contribution in [2.75, 3.05) is 0 Å². The predicted molar refractivity (Wildman–Crippen MR) is 60.4 cm³/mol. The number of aryl methyl sites for hydroxylation is 3. The molecule has 1 heteroatoms. The Morgan fingerprint density at radius 3 is 2.36 bits per heavy atom. The molecule has 0 aliphatic rings. The van der Waals surface area contributed by atoms with Crippen LogP contribution in [-0.4, -0.2) is 5.11 Å². The van der Waals surface area contributed by atoms with Crippen molar-refractivity contribution in [3.8, 4) is 0 Å². The molecule has 0 saturated heterocycles. The van der Waals surface area contributed by atoms with Crippen molar-refractivity contribution in [1.82, 2.24) is 0 Å². The van der Waals surface area contributed by atoms with Gasteiger partial charge in [0.2, 0.25) is 0 Å². The SMILES string of the molecule is C=CC[C@H](O)c1cc(C)c(C)cc1C. The molecule has 0 fully saturated rings. The quantitative estimate of drug-likeness (QED) is 0.725. The summed E-state index contributed by atoms with van der Waals surface area (Å²) in [6, 6.07) is 4.19. The summed E-state index contributed by atoms with van der Waals surface area (Å²) in [7, 11) is 0. The zero-order valence-electron chi connectivity index (χ0n) is 9.17. The minimum Gasteiger partial charge on any atom is -0.388 e. The number of hydrogen-bond donors (Lipinski definition) is 1. The van der Waals surface area contributed by atoms with Gasteiger partial charge in [0.05, 0.1) is 6.10 Å². The molecule has 1 aromatic carbocycles. The molecular weight excluding hydrogens is 172 g/mol. The monoisotopic (exact) mass is 190 g/mol. The molecule has 0 saturated carbocycles. The van der Waals surface area contributed by atoms with Gasteiger partial charge in [-0.15, -0.1) is 6.58 Å². The minimum absolute atomic E-state index is 0.410. The summed E-state index contributed by atoms with van der Waals surface area (Å²) in [5.74, 6) is 0. The van der Waals surface area contributed by atoms with Crippen molar-refractivity contribution in [3.05, 3.63) is 47.0 Å². The average Bonchev–Trinajstić information content (AvgIpc) is 2.11. The van der Waals surface area contributed by atoms with E-state index in [9.17, 15) is 5.11 Å². The van der Waals surface area contributed by atoms with E-state index >= 15 is 0 Å². The molecule has 0 aromatic heterocycles. The second-order valence-electron chi connectivity index (χ2n) is 3.83. The zero-order chi connectivity index (χ0) is 10.7. The molecule has 14 heavy (non-hydrogen) atoms. The van der Waals surface area contributed by atoms with Crippen LogP contribution in [0.1, 0.15) is 34.8 Å². The molecule has 0 amide bonds. The molecule has 1 N–H and O–H groups in total. The second-order valence-corrected chi connectivity index (χ2v) is 3.83. The summed E-state index contributed by atoms with van der Waals surface area (Å²) in [6.45, 7) is 9.83. The summed E-state index contributed by atoms with van der Waals surface area (Å²) < 4.78 is 0. The molecular formula is C13H18O. The molecule has 0 aliphatic carbocycles. The van der Waals surface area contributed by atoms with E-state index in [1.807, 2.05) is 6.92 Å². The van der Waals surface area contributed by atoms with E-state index in [-0.39, 0.29) is 0 Å². The van der Waals surface area contributed by atoms with Crippen molar-refractivity contribution in [3.63, 3.8) is 0 Å². The highest BCUT2D eigenvalue weighted by molar-refractivity contribution is 5.37. The van der Waals surface area contributed by atoms with Gasteiger partial charge >= 0.3 is 0 Å². The first kappa shape index (κ1) is 11.0. The third-order valence-electron chi connectivity index (χ3n) is 2.63. The normalized spacial score (nSPS) is 12.6. The van der Waals surface area contributed by atoms with Crippen LogP contribution in [0.15, 0.2) is 24.8 Å². The van der Waals surface area contributed by atoms with Gasteiger partial charge in [-0.1, -0.05) is 18.2 Å². The predicted octanol–water partition coefficient (Wildman–Crippen LogP) is 3.22. The van der Waals surface area contributed by atoms with E-state index in [0.717, 1.165) is 11.1 Å². The first-order chi connectivity index (χ1) is 6.56. The average molecular weight is 190 g/mol. The van der Waals surface area contributed by atoms with Crippen LogP contribution in [0.5, 0.6) is 0 Å².